The third-order valence-corrected chi connectivity index (χ3v) is 5.87. The Labute approximate surface area is 159 Å². The van der Waals surface area contributed by atoms with Crippen molar-refractivity contribution in [1.29, 1.82) is 0 Å². The lowest BCUT2D eigenvalue weighted by molar-refractivity contribution is -0.120. The Morgan fingerprint density at radius 3 is 2.75 bits per heavy atom. The van der Waals surface area contributed by atoms with Gasteiger partial charge in [-0.25, -0.2) is 0 Å². The van der Waals surface area contributed by atoms with E-state index in [-0.39, 0.29) is 18.2 Å². The molecule has 0 spiro atoms. The molecule has 0 aliphatic carbocycles. The van der Waals surface area contributed by atoms with Crippen LogP contribution in [0.2, 0.25) is 10.0 Å². The van der Waals surface area contributed by atoms with Gasteiger partial charge in [-0.1, -0.05) is 39.1 Å². The lowest BCUT2D eigenvalue weighted by Gasteiger charge is -2.25. The van der Waals surface area contributed by atoms with Crippen molar-refractivity contribution in [2.45, 2.75) is 38.2 Å². The minimum atomic E-state index is -0.841. The Balaban J connectivity index is 2.33. The van der Waals surface area contributed by atoms with Crippen LogP contribution in [0.15, 0.2) is 10.5 Å². The molecular formula is C17H19BrCl2N2O2. The van der Waals surface area contributed by atoms with Crippen molar-refractivity contribution in [3.8, 4) is 0 Å². The van der Waals surface area contributed by atoms with Crippen molar-refractivity contribution in [3.63, 3.8) is 0 Å². The molecule has 0 saturated carbocycles. The fourth-order valence-electron chi connectivity index (χ4n) is 3.66. The zero-order valence-electron chi connectivity index (χ0n) is 13.7. The quantitative estimate of drug-likeness (QED) is 0.698. The number of carbonyl (C=O) groups is 1. The van der Waals surface area contributed by atoms with Crippen LogP contribution in [0, 0.1) is 0 Å². The number of aliphatic hydroxyl groups is 1. The van der Waals surface area contributed by atoms with Gasteiger partial charge < -0.3 is 15.0 Å². The van der Waals surface area contributed by atoms with E-state index in [4.69, 9.17) is 23.2 Å². The number of nitrogens with one attached hydrogen (secondary N) is 1. The molecule has 1 aromatic carbocycles. The van der Waals surface area contributed by atoms with Gasteiger partial charge >= 0.3 is 0 Å². The lowest BCUT2D eigenvalue weighted by atomic mass is 9.89. The highest BCUT2D eigenvalue weighted by Gasteiger charge is 2.32. The highest BCUT2D eigenvalue weighted by Crippen LogP contribution is 2.43. The van der Waals surface area contributed by atoms with E-state index >= 15 is 0 Å². The number of nitrogens with zero attached hydrogens (tertiary/aromatic N) is 1. The molecule has 1 aromatic heterocycles. The van der Waals surface area contributed by atoms with Gasteiger partial charge in [0, 0.05) is 35.1 Å². The number of hydrogen-bond acceptors (Lipinski definition) is 2. The number of benzene rings is 1. The van der Waals surface area contributed by atoms with Crippen LogP contribution >= 0.6 is 39.1 Å². The summed E-state index contributed by atoms with van der Waals surface area (Å²) in [5.41, 5.74) is 1.94. The largest absolute Gasteiger partial charge is 0.390 e. The number of carbonyl (C=O) groups excluding carboxylic acids is 1. The number of aromatic nitrogens is 1. The number of halogens is 3. The van der Waals surface area contributed by atoms with E-state index in [0.717, 1.165) is 26.6 Å². The van der Waals surface area contributed by atoms with E-state index < -0.39 is 5.60 Å². The first-order valence-electron chi connectivity index (χ1n) is 7.74. The average Bonchev–Trinajstić information content (AvgIpc) is 2.63. The second-order valence-electron chi connectivity index (χ2n) is 6.99. The maximum absolute atomic E-state index is 12.2. The Morgan fingerprint density at radius 2 is 2.12 bits per heavy atom. The number of hydrogen-bond donors (Lipinski definition) is 2. The molecule has 7 heteroatoms. The molecule has 24 heavy (non-hydrogen) atoms. The smallest absolute Gasteiger partial charge is 0.224 e. The normalized spacial score (nSPS) is 18.5. The summed E-state index contributed by atoms with van der Waals surface area (Å²) in [5, 5.41) is 15.1. The molecule has 2 heterocycles. The molecular weight excluding hydrogens is 415 g/mol. The maximum Gasteiger partial charge on any atom is 0.224 e. The van der Waals surface area contributed by atoms with Crippen molar-refractivity contribution >= 4 is 55.9 Å². The minimum Gasteiger partial charge on any atom is -0.390 e. The molecule has 2 N–H and O–H groups in total. The predicted molar refractivity (Wildman–Crippen MR) is 101 cm³/mol. The van der Waals surface area contributed by atoms with Crippen molar-refractivity contribution in [2.75, 3.05) is 6.54 Å². The number of aryl methyl sites for hydroxylation is 1. The van der Waals surface area contributed by atoms with E-state index in [9.17, 15) is 9.90 Å². The summed E-state index contributed by atoms with van der Waals surface area (Å²) in [7, 11) is 1.93. The number of amides is 1. The maximum atomic E-state index is 12.2. The first-order chi connectivity index (χ1) is 11.1. The summed E-state index contributed by atoms with van der Waals surface area (Å²) in [5.74, 6) is -0.0365. The third kappa shape index (κ3) is 3.07. The average molecular weight is 434 g/mol. The van der Waals surface area contributed by atoms with Gasteiger partial charge in [0.25, 0.3) is 0 Å². The highest BCUT2D eigenvalue weighted by atomic mass is 79.9. The van der Waals surface area contributed by atoms with Crippen molar-refractivity contribution in [3.05, 3.63) is 31.8 Å². The number of rotatable bonds is 2. The van der Waals surface area contributed by atoms with Crippen LogP contribution in [0.5, 0.6) is 0 Å². The summed E-state index contributed by atoms with van der Waals surface area (Å²) < 4.78 is 2.83. The summed E-state index contributed by atoms with van der Waals surface area (Å²) in [6, 6.07) is 1.76. The van der Waals surface area contributed by atoms with Crippen molar-refractivity contribution in [1.82, 2.24) is 9.88 Å². The lowest BCUT2D eigenvalue weighted by Crippen LogP contribution is -2.31. The molecule has 0 saturated heterocycles. The van der Waals surface area contributed by atoms with Gasteiger partial charge in [0.1, 0.15) is 0 Å². The van der Waals surface area contributed by atoms with Crippen LogP contribution in [-0.4, -0.2) is 27.7 Å². The van der Waals surface area contributed by atoms with E-state index in [2.05, 4.69) is 21.2 Å². The van der Waals surface area contributed by atoms with E-state index in [1.165, 1.54) is 0 Å². The first kappa shape index (κ1) is 18.1. The molecule has 3 rings (SSSR count). The second-order valence-corrected chi connectivity index (χ2v) is 8.63. The molecule has 1 amide bonds. The van der Waals surface area contributed by atoms with Crippen LogP contribution in [-0.2, 0) is 18.3 Å². The second kappa shape index (κ2) is 6.20. The van der Waals surface area contributed by atoms with Gasteiger partial charge in [0.15, 0.2) is 0 Å². The van der Waals surface area contributed by atoms with Crippen LogP contribution in [0.25, 0.3) is 10.9 Å². The highest BCUT2D eigenvalue weighted by molar-refractivity contribution is 9.10. The Hall–Kier alpha value is -0.750. The molecule has 0 bridgehead atoms. The fourth-order valence-corrected chi connectivity index (χ4v) is 4.93. The molecule has 0 radical (unpaired) electrons. The van der Waals surface area contributed by atoms with Gasteiger partial charge in [0.2, 0.25) is 5.91 Å². The fraction of sp³-hybridized carbons (Fsp3) is 0.471. The van der Waals surface area contributed by atoms with Crippen LogP contribution in [0.4, 0.5) is 0 Å². The molecule has 2 aromatic rings. The van der Waals surface area contributed by atoms with Crippen LogP contribution < -0.4 is 5.32 Å². The summed E-state index contributed by atoms with van der Waals surface area (Å²) >= 11 is 16.3. The Morgan fingerprint density at radius 1 is 1.46 bits per heavy atom. The molecule has 1 aliphatic rings. The van der Waals surface area contributed by atoms with E-state index in [0.29, 0.717) is 23.0 Å². The number of fused-ring (bicyclic) bond motifs is 3. The monoisotopic (exact) mass is 432 g/mol. The standard InChI is InChI=1S/C17H19BrCl2N2O2/c1-17(2,24)6-8-7-21-12(23)4-9-13-10(18)5-11(19)14(20)16(13)22(3)15(8)9/h5,8,24H,4,6-7H2,1-3H3,(H,21,23). The SMILES string of the molecule is Cn1c2c(c3c(Br)cc(Cl)c(Cl)c31)CC(=O)NCC2CC(C)(C)O. The van der Waals surface area contributed by atoms with Gasteiger partial charge in [-0.05, 0) is 31.9 Å². The van der Waals surface area contributed by atoms with Gasteiger partial charge in [-0.3, -0.25) is 4.79 Å². The van der Waals surface area contributed by atoms with Gasteiger partial charge in [0.05, 0.1) is 27.6 Å². The topological polar surface area (TPSA) is 54.3 Å². The molecule has 1 unspecified atom stereocenters. The Kier molecular flexibility index (Phi) is 4.67. The zero-order chi connectivity index (χ0) is 17.8. The van der Waals surface area contributed by atoms with E-state index in [1.54, 1.807) is 19.9 Å². The van der Waals surface area contributed by atoms with Gasteiger partial charge in [-0.15, -0.1) is 0 Å². The van der Waals surface area contributed by atoms with E-state index in [1.807, 2.05) is 11.6 Å². The van der Waals surface area contributed by atoms with Crippen LogP contribution in [0.1, 0.15) is 37.4 Å². The minimum absolute atomic E-state index is 0.00871. The Bertz CT molecular complexity index is 840. The summed E-state index contributed by atoms with van der Waals surface area (Å²) in [6.45, 7) is 4.05. The molecule has 1 aliphatic heterocycles. The molecule has 0 fully saturated rings. The summed E-state index contributed by atoms with van der Waals surface area (Å²) in [4.78, 5) is 12.2. The zero-order valence-corrected chi connectivity index (χ0v) is 16.8. The third-order valence-electron chi connectivity index (χ3n) is 4.47. The predicted octanol–water partition coefficient (Wildman–Crippen LogP) is 4.16. The molecule has 4 nitrogen and oxygen atoms in total. The van der Waals surface area contributed by atoms with Crippen molar-refractivity contribution < 1.29 is 9.90 Å². The first-order valence-corrected chi connectivity index (χ1v) is 9.28. The van der Waals surface area contributed by atoms with Crippen LogP contribution in [0.3, 0.4) is 0 Å². The molecule has 130 valence electrons. The summed E-state index contributed by atoms with van der Waals surface area (Å²) in [6.07, 6.45) is 0.818. The molecule has 1 atom stereocenters. The van der Waals surface area contributed by atoms with Crippen molar-refractivity contribution in [2.24, 2.45) is 7.05 Å². The van der Waals surface area contributed by atoms with Gasteiger partial charge in [-0.2, -0.15) is 0 Å².